The van der Waals surface area contributed by atoms with E-state index in [9.17, 15) is 9.59 Å². The molecule has 3 amide bonds. The molecule has 1 saturated heterocycles. The molecule has 2 heterocycles. The highest BCUT2D eigenvalue weighted by Crippen LogP contribution is 2.09. The van der Waals surface area contributed by atoms with E-state index in [0.717, 1.165) is 0 Å². The van der Waals surface area contributed by atoms with Crippen molar-refractivity contribution in [3.63, 3.8) is 0 Å². The lowest BCUT2D eigenvalue weighted by Crippen LogP contribution is -2.53. The lowest BCUT2D eigenvalue weighted by Gasteiger charge is -2.34. The van der Waals surface area contributed by atoms with Crippen molar-refractivity contribution in [1.29, 1.82) is 0 Å². The highest BCUT2D eigenvalue weighted by atomic mass is 16.2. The fraction of sp³-hybridized carbons (Fsp3) is 0.500. The van der Waals surface area contributed by atoms with Gasteiger partial charge in [0, 0.05) is 51.0 Å². The molecule has 21 heavy (non-hydrogen) atoms. The van der Waals surface area contributed by atoms with Crippen LogP contribution in [0.25, 0.3) is 0 Å². The third-order valence-electron chi connectivity index (χ3n) is 3.45. The van der Waals surface area contributed by atoms with Crippen LogP contribution in [0, 0.1) is 0 Å². The van der Waals surface area contributed by atoms with Crippen LogP contribution in [0.1, 0.15) is 23.0 Å². The van der Waals surface area contributed by atoms with E-state index in [1.54, 1.807) is 28.1 Å². The Labute approximate surface area is 124 Å². The van der Waals surface area contributed by atoms with Gasteiger partial charge in [-0.2, -0.15) is 0 Å². The Morgan fingerprint density at radius 3 is 2.57 bits per heavy atom. The highest BCUT2D eigenvalue weighted by molar-refractivity contribution is 5.94. The van der Waals surface area contributed by atoms with Crippen molar-refractivity contribution in [2.24, 2.45) is 5.73 Å². The number of nitrogens with zero attached hydrogens (tertiary/aromatic N) is 3. The van der Waals surface area contributed by atoms with Gasteiger partial charge in [-0.15, -0.1) is 0 Å². The predicted molar refractivity (Wildman–Crippen MR) is 78.7 cm³/mol. The highest BCUT2D eigenvalue weighted by Gasteiger charge is 2.24. The molecule has 0 saturated carbocycles. The molecule has 2 rings (SSSR count). The third-order valence-corrected chi connectivity index (χ3v) is 3.45. The van der Waals surface area contributed by atoms with Crippen LogP contribution in [0.15, 0.2) is 18.3 Å². The number of rotatable bonds is 3. The van der Waals surface area contributed by atoms with Crippen molar-refractivity contribution in [3.05, 3.63) is 29.6 Å². The standard InChI is InChI=1S/C14H21N5O2/c1-2-16-14(21)19-7-5-18(6-8-19)13(20)11-3-4-17-12(9-11)10-15/h3-4,9H,2,5-8,10,15H2,1H3,(H,16,21). The maximum absolute atomic E-state index is 12.4. The summed E-state index contributed by atoms with van der Waals surface area (Å²) >= 11 is 0. The van der Waals surface area contributed by atoms with Gasteiger partial charge < -0.3 is 20.9 Å². The van der Waals surface area contributed by atoms with Crippen molar-refractivity contribution in [2.45, 2.75) is 13.5 Å². The van der Waals surface area contributed by atoms with E-state index in [4.69, 9.17) is 5.73 Å². The molecule has 0 radical (unpaired) electrons. The molecule has 7 nitrogen and oxygen atoms in total. The summed E-state index contributed by atoms with van der Waals surface area (Å²) in [6.07, 6.45) is 1.60. The van der Waals surface area contributed by atoms with E-state index in [0.29, 0.717) is 50.5 Å². The van der Waals surface area contributed by atoms with Gasteiger partial charge in [0.25, 0.3) is 5.91 Å². The van der Waals surface area contributed by atoms with Crippen LogP contribution in [-0.2, 0) is 6.54 Å². The van der Waals surface area contributed by atoms with Gasteiger partial charge in [0.1, 0.15) is 0 Å². The smallest absolute Gasteiger partial charge is 0.317 e. The van der Waals surface area contributed by atoms with Crippen molar-refractivity contribution < 1.29 is 9.59 Å². The minimum Gasteiger partial charge on any atom is -0.338 e. The molecule has 1 fully saturated rings. The lowest BCUT2D eigenvalue weighted by atomic mass is 10.2. The first-order valence-electron chi connectivity index (χ1n) is 7.12. The molecular formula is C14H21N5O2. The second-order valence-corrected chi connectivity index (χ2v) is 4.85. The van der Waals surface area contributed by atoms with Crippen LogP contribution >= 0.6 is 0 Å². The van der Waals surface area contributed by atoms with Gasteiger partial charge >= 0.3 is 6.03 Å². The van der Waals surface area contributed by atoms with Crippen molar-refractivity contribution >= 4 is 11.9 Å². The Kier molecular flexibility index (Phi) is 5.10. The third kappa shape index (κ3) is 3.69. The SMILES string of the molecule is CCNC(=O)N1CCN(C(=O)c2ccnc(CN)c2)CC1. The number of amides is 3. The normalized spacial score (nSPS) is 15.0. The number of carbonyl (C=O) groups is 2. The zero-order chi connectivity index (χ0) is 15.2. The van der Waals surface area contributed by atoms with Gasteiger partial charge in [0.15, 0.2) is 0 Å². The summed E-state index contributed by atoms with van der Waals surface area (Å²) < 4.78 is 0. The number of nitrogens with one attached hydrogen (secondary N) is 1. The van der Waals surface area contributed by atoms with Crippen LogP contribution in [-0.4, -0.2) is 59.4 Å². The zero-order valence-electron chi connectivity index (χ0n) is 12.2. The molecule has 1 aliphatic heterocycles. The molecule has 0 spiro atoms. The number of carbonyl (C=O) groups excluding carboxylic acids is 2. The molecule has 3 N–H and O–H groups in total. The number of pyridine rings is 1. The van der Waals surface area contributed by atoms with Gasteiger partial charge in [0.2, 0.25) is 0 Å². The number of piperazine rings is 1. The van der Waals surface area contributed by atoms with Crippen molar-refractivity contribution in [3.8, 4) is 0 Å². The quantitative estimate of drug-likeness (QED) is 0.822. The van der Waals surface area contributed by atoms with E-state index in [-0.39, 0.29) is 11.9 Å². The Hall–Kier alpha value is -2.15. The van der Waals surface area contributed by atoms with Gasteiger partial charge in [-0.25, -0.2) is 4.79 Å². The minimum atomic E-state index is -0.0704. The molecule has 7 heteroatoms. The number of urea groups is 1. The molecular weight excluding hydrogens is 270 g/mol. The molecule has 0 aromatic carbocycles. The Morgan fingerprint density at radius 2 is 1.95 bits per heavy atom. The molecule has 0 bridgehead atoms. The molecule has 1 aromatic rings. The molecule has 0 unspecified atom stereocenters. The van der Waals surface area contributed by atoms with Crippen LogP contribution in [0.2, 0.25) is 0 Å². The number of hydrogen-bond donors (Lipinski definition) is 2. The average molecular weight is 291 g/mol. The van der Waals surface area contributed by atoms with E-state index < -0.39 is 0 Å². The minimum absolute atomic E-state index is 0.0392. The van der Waals surface area contributed by atoms with Gasteiger partial charge in [-0.1, -0.05) is 0 Å². The Balaban J connectivity index is 1.95. The number of nitrogens with two attached hydrogens (primary N) is 1. The molecule has 1 aromatic heterocycles. The summed E-state index contributed by atoms with van der Waals surface area (Å²) in [6, 6.07) is 3.34. The second-order valence-electron chi connectivity index (χ2n) is 4.85. The predicted octanol–water partition coefficient (Wildman–Crippen LogP) is 0.0276. The van der Waals surface area contributed by atoms with E-state index in [1.165, 1.54) is 0 Å². The Bertz CT molecular complexity index is 512. The average Bonchev–Trinajstić information content (AvgIpc) is 2.54. The fourth-order valence-corrected chi connectivity index (χ4v) is 2.28. The summed E-state index contributed by atoms with van der Waals surface area (Å²) in [5, 5.41) is 2.77. The monoisotopic (exact) mass is 291 g/mol. The van der Waals surface area contributed by atoms with Crippen LogP contribution in [0.4, 0.5) is 4.79 Å². The van der Waals surface area contributed by atoms with Crippen LogP contribution in [0.3, 0.4) is 0 Å². The van der Waals surface area contributed by atoms with E-state index >= 15 is 0 Å². The molecule has 1 aliphatic rings. The first kappa shape index (κ1) is 15.2. The summed E-state index contributed by atoms with van der Waals surface area (Å²) in [4.78, 5) is 31.7. The maximum atomic E-state index is 12.4. The number of aromatic nitrogens is 1. The van der Waals surface area contributed by atoms with Crippen LogP contribution in [0.5, 0.6) is 0 Å². The first-order chi connectivity index (χ1) is 10.2. The second kappa shape index (κ2) is 7.03. The molecule has 0 atom stereocenters. The first-order valence-corrected chi connectivity index (χ1v) is 7.12. The zero-order valence-corrected chi connectivity index (χ0v) is 12.2. The Morgan fingerprint density at radius 1 is 1.29 bits per heavy atom. The van der Waals surface area contributed by atoms with Gasteiger partial charge in [0.05, 0.1) is 5.69 Å². The van der Waals surface area contributed by atoms with Gasteiger partial charge in [-0.3, -0.25) is 9.78 Å². The summed E-state index contributed by atoms with van der Waals surface area (Å²) in [5.74, 6) is -0.0392. The van der Waals surface area contributed by atoms with Crippen molar-refractivity contribution in [1.82, 2.24) is 20.1 Å². The summed E-state index contributed by atoms with van der Waals surface area (Å²) in [7, 11) is 0. The van der Waals surface area contributed by atoms with Gasteiger partial charge in [-0.05, 0) is 19.1 Å². The molecule has 0 aliphatic carbocycles. The largest absolute Gasteiger partial charge is 0.338 e. The van der Waals surface area contributed by atoms with E-state index in [2.05, 4.69) is 10.3 Å². The fourth-order valence-electron chi connectivity index (χ4n) is 2.28. The molecule has 114 valence electrons. The summed E-state index contributed by atoms with van der Waals surface area (Å²) in [5.41, 5.74) is 6.83. The van der Waals surface area contributed by atoms with Crippen LogP contribution < -0.4 is 11.1 Å². The van der Waals surface area contributed by atoms with E-state index in [1.807, 2.05) is 6.92 Å². The lowest BCUT2D eigenvalue weighted by molar-refractivity contribution is 0.0665. The van der Waals surface area contributed by atoms with Crippen molar-refractivity contribution in [2.75, 3.05) is 32.7 Å². The topological polar surface area (TPSA) is 91.6 Å². The summed E-state index contributed by atoms with van der Waals surface area (Å²) in [6.45, 7) is 4.98. The maximum Gasteiger partial charge on any atom is 0.317 e. The number of hydrogen-bond acceptors (Lipinski definition) is 4.